The molecule has 2 aromatic rings. The van der Waals surface area contributed by atoms with Crippen LogP contribution in [0.3, 0.4) is 0 Å². The normalized spacial score (nSPS) is 12.1. The highest BCUT2D eigenvalue weighted by atomic mass is 79.9. The Balaban J connectivity index is 1.97. The summed E-state index contributed by atoms with van der Waals surface area (Å²) in [6, 6.07) is 11.7. The van der Waals surface area contributed by atoms with Crippen molar-refractivity contribution in [3.8, 4) is 0 Å². The van der Waals surface area contributed by atoms with E-state index < -0.39 is 0 Å². The summed E-state index contributed by atoms with van der Waals surface area (Å²) < 4.78 is 4.94. The molecule has 0 bridgehead atoms. The van der Waals surface area contributed by atoms with Crippen LogP contribution in [0.1, 0.15) is 21.8 Å². The Morgan fingerprint density at radius 3 is 2.74 bits per heavy atom. The topological polar surface area (TPSA) is 55.1 Å². The van der Waals surface area contributed by atoms with Crippen LogP contribution in [0.15, 0.2) is 40.9 Å². The van der Waals surface area contributed by atoms with Crippen LogP contribution in [-0.2, 0) is 6.42 Å². The first-order chi connectivity index (χ1) is 9.19. The van der Waals surface area contributed by atoms with Gasteiger partial charge in [0.25, 0.3) is 5.91 Å². The largest absolute Gasteiger partial charge is 0.351 e. The van der Waals surface area contributed by atoms with Gasteiger partial charge in [-0.1, -0.05) is 51.4 Å². The molecule has 0 radical (unpaired) electrons. The second kappa shape index (κ2) is 6.52. The number of rotatable bonds is 5. The van der Waals surface area contributed by atoms with E-state index in [1.807, 2.05) is 30.3 Å². The van der Waals surface area contributed by atoms with E-state index in [0.29, 0.717) is 11.0 Å². The van der Waals surface area contributed by atoms with Gasteiger partial charge in [0.2, 0.25) is 5.76 Å². The van der Waals surface area contributed by atoms with E-state index in [0.717, 1.165) is 6.42 Å². The van der Waals surface area contributed by atoms with Crippen LogP contribution in [0.4, 0.5) is 0 Å². The summed E-state index contributed by atoms with van der Waals surface area (Å²) in [6.07, 6.45) is 0.769. The van der Waals surface area contributed by atoms with Gasteiger partial charge >= 0.3 is 0 Å². The number of hydrogen-bond donors (Lipinski definition) is 1. The van der Waals surface area contributed by atoms with Gasteiger partial charge in [-0.2, -0.15) is 0 Å². The predicted molar refractivity (Wildman–Crippen MR) is 76.4 cm³/mol. The average Bonchev–Trinajstić information content (AvgIpc) is 2.86. The third-order valence-electron chi connectivity index (χ3n) is 2.70. The van der Waals surface area contributed by atoms with Crippen molar-refractivity contribution in [2.75, 3.05) is 5.33 Å². The number of aryl methyl sites for hydroxylation is 1. The van der Waals surface area contributed by atoms with E-state index in [1.54, 1.807) is 13.0 Å². The summed E-state index contributed by atoms with van der Waals surface area (Å²) in [4.78, 5) is 12.0. The first-order valence-electron chi connectivity index (χ1n) is 6.03. The lowest BCUT2D eigenvalue weighted by Gasteiger charge is -2.15. The fourth-order valence-corrected chi connectivity index (χ4v) is 2.16. The molecule has 1 amide bonds. The van der Waals surface area contributed by atoms with Crippen LogP contribution in [0, 0.1) is 6.92 Å². The van der Waals surface area contributed by atoms with Crippen LogP contribution >= 0.6 is 15.9 Å². The molecular formula is C14H15BrN2O2. The molecule has 1 atom stereocenters. The van der Waals surface area contributed by atoms with E-state index in [9.17, 15) is 4.79 Å². The van der Waals surface area contributed by atoms with Gasteiger partial charge in [0.15, 0.2) is 0 Å². The molecule has 5 heteroatoms. The van der Waals surface area contributed by atoms with Crippen molar-refractivity contribution in [1.82, 2.24) is 10.5 Å². The molecule has 100 valence electrons. The molecule has 0 aliphatic heterocycles. The first kappa shape index (κ1) is 13.8. The molecule has 19 heavy (non-hydrogen) atoms. The molecule has 4 nitrogen and oxygen atoms in total. The lowest BCUT2D eigenvalue weighted by Crippen LogP contribution is -2.37. The molecule has 1 unspecified atom stereocenters. The minimum atomic E-state index is -0.235. The molecule has 1 N–H and O–H groups in total. The number of carbonyl (C=O) groups excluding carboxylic acids is 1. The number of halogens is 1. The molecule has 0 fully saturated rings. The van der Waals surface area contributed by atoms with Crippen LogP contribution in [-0.4, -0.2) is 22.4 Å². The van der Waals surface area contributed by atoms with E-state index >= 15 is 0 Å². The third kappa shape index (κ3) is 3.92. The Labute approximate surface area is 120 Å². The zero-order valence-electron chi connectivity index (χ0n) is 10.6. The lowest BCUT2D eigenvalue weighted by molar-refractivity contribution is 0.0903. The average molecular weight is 323 g/mol. The van der Waals surface area contributed by atoms with Gasteiger partial charge in [0.05, 0.1) is 5.69 Å². The zero-order valence-corrected chi connectivity index (χ0v) is 12.2. The van der Waals surface area contributed by atoms with E-state index in [2.05, 4.69) is 26.4 Å². The second-order valence-corrected chi connectivity index (χ2v) is 4.99. The number of benzene rings is 1. The van der Waals surface area contributed by atoms with E-state index in [-0.39, 0.29) is 17.7 Å². The number of carbonyl (C=O) groups is 1. The maximum Gasteiger partial charge on any atom is 0.290 e. The molecule has 2 rings (SSSR count). The third-order valence-corrected chi connectivity index (χ3v) is 3.48. The molecule has 1 heterocycles. The summed E-state index contributed by atoms with van der Waals surface area (Å²) >= 11 is 3.42. The van der Waals surface area contributed by atoms with Gasteiger partial charge in [-0.05, 0) is 18.9 Å². The summed E-state index contributed by atoms with van der Waals surface area (Å²) in [6.45, 7) is 1.78. The highest BCUT2D eigenvalue weighted by molar-refractivity contribution is 9.09. The highest BCUT2D eigenvalue weighted by Gasteiger charge is 2.16. The molecular weight excluding hydrogens is 308 g/mol. The maximum atomic E-state index is 12.0. The Bertz CT molecular complexity index is 539. The quantitative estimate of drug-likeness (QED) is 0.861. The number of nitrogens with zero attached hydrogens (tertiary/aromatic N) is 1. The molecule has 1 aromatic carbocycles. The number of nitrogens with one attached hydrogen (secondary N) is 1. The van der Waals surface area contributed by atoms with E-state index in [4.69, 9.17) is 4.52 Å². The van der Waals surface area contributed by atoms with Gasteiger partial charge in [-0.25, -0.2) is 0 Å². The lowest BCUT2D eigenvalue weighted by atomic mass is 10.1. The molecule has 0 saturated carbocycles. The Hall–Kier alpha value is -1.62. The summed E-state index contributed by atoms with van der Waals surface area (Å²) in [7, 11) is 0. The number of hydrogen-bond acceptors (Lipinski definition) is 3. The van der Waals surface area contributed by atoms with Crippen LogP contribution in [0.2, 0.25) is 0 Å². The van der Waals surface area contributed by atoms with Crippen molar-refractivity contribution < 1.29 is 9.32 Å². The van der Waals surface area contributed by atoms with Gasteiger partial charge in [-0.3, -0.25) is 4.79 Å². The molecule has 0 aliphatic rings. The van der Waals surface area contributed by atoms with E-state index in [1.165, 1.54) is 5.56 Å². The van der Waals surface area contributed by atoms with Gasteiger partial charge in [-0.15, -0.1) is 0 Å². The Kier molecular flexibility index (Phi) is 4.74. The standard InChI is InChI=1S/C14H15BrN2O2/c1-10-7-13(19-17-10)14(18)16-12(9-15)8-11-5-3-2-4-6-11/h2-7,12H,8-9H2,1H3,(H,16,18). The predicted octanol–water partition coefficient (Wildman–Crippen LogP) is 2.72. The number of alkyl halides is 1. The second-order valence-electron chi connectivity index (χ2n) is 4.35. The van der Waals surface area contributed by atoms with Gasteiger partial charge in [0, 0.05) is 17.4 Å². The summed E-state index contributed by atoms with van der Waals surface area (Å²) in [5.74, 6) is 0.0116. The zero-order chi connectivity index (χ0) is 13.7. The molecule has 0 saturated heterocycles. The van der Waals surface area contributed by atoms with Gasteiger partial charge in [0.1, 0.15) is 0 Å². The van der Waals surface area contributed by atoms with Crippen molar-refractivity contribution in [3.63, 3.8) is 0 Å². The van der Waals surface area contributed by atoms with Gasteiger partial charge < -0.3 is 9.84 Å². The van der Waals surface area contributed by atoms with Crippen molar-refractivity contribution in [3.05, 3.63) is 53.4 Å². The SMILES string of the molecule is Cc1cc(C(=O)NC(CBr)Cc2ccccc2)on1. The van der Waals surface area contributed by atoms with Crippen LogP contribution in [0.25, 0.3) is 0 Å². The van der Waals surface area contributed by atoms with Crippen molar-refractivity contribution in [2.45, 2.75) is 19.4 Å². The van der Waals surface area contributed by atoms with Crippen LogP contribution in [0.5, 0.6) is 0 Å². The number of aromatic nitrogens is 1. The van der Waals surface area contributed by atoms with Crippen LogP contribution < -0.4 is 5.32 Å². The maximum absolute atomic E-state index is 12.0. The van der Waals surface area contributed by atoms with Crippen molar-refractivity contribution in [2.24, 2.45) is 0 Å². The first-order valence-corrected chi connectivity index (χ1v) is 7.15. The number of amides is 1. The summed E-state index contributed by atoms with van der Waals surface area (Å²) in [5.41, 5.74) is 1.88. The van der Waals surface area contributed by atoms with Crippen molar-refractivity contribution in [1.29, 1.82) is 0 Å². The highest BCUT2D eigenvalue weighted by Crippen LogP contribution is 2.07. The molecule has 0 aliphatic carbocycles. The fraction of sp³-hybridized carbons (Fsp3) is 0.286. The minimum absolute atomic E-state index is 0.0142. The minimum Gasteiger partial charge on any atom is -0.351 e. The smallest absolute Gasteiger partial charge is 0.290 e. The Morgan fingerprint density at radius 2 is 2.16 bits per heavy atom. The molecule has 0 spiro atoms. The van der Waals surface area contributed by atoms with Crippen molar-refractivity contribution >= 4 is 21.8 Å². The summed E-state index contributed by atoms with van der Waals surface area (Å²) in [5, 5.41) is 7.31. The monoisotopic (exact) mass is 322 g/mol. The Morgan fingerprint density at radius 1 is 1.42 bits per heavy atom. The fourth-order valence-electron chi connectivity index (χ4n) is 1.77. The molecule has 1 aromatic heterocycles.